The molecule has 0 saturated heterocycles. The van der Waals surface area contributed by atoms with Gasteiger partial charge in [0.25, 0.3) is 0 Å². The smallest absolute Gasteiger partial charge is 0.0523 e. The lowest BCUT2D eigenvalue weighted by Gasteiger charge is -2.00. The Labute approximate surface area is 118 Å². The van der Waals surface area contributed by atoms with Gasteiger partial charge in [-0.05, 0) is 48.0 Å². The van der Waals surface area contributed by atoms with Crippen LogP contribution in [0.15, 0.2) is 54.7 Å². The van der Waals surface area contributed by atoms with Crippen LogP contribution in [0.1, 0.15) is 11.1 Å². The SMILES string of the molecule is C#Cc1cccc(/C=C\n2ccc3cc(N)ccc32)c1. The molecule has 2 nitrogen and oxygen atoms in total. The molecule has 0 radical (unpaired) electrons. The fraction of sp³-hybridized carbons (Fsp3) is 0. The van der Waals surface area contributed by atoms with Crippen LogP contribution >= 0.6 is 0 Å². The Bertz CT molecular complexity index is 832. The molecule has 3 aromatic rings. The van der Waals surface area contributed by atoms with E-state index in [9.17, 15) is 0 Å². The zero-order valence-corrected chi connectivity index (χ0v) is 11.0. The zero-order valence-electron chi connectivity index (χ0n) is 11.0. The van der Waals surface area contributed by atoms with E-state index in [-0.39, 0.29) is 0 Å². The van der Waals surface area contributed by atoms with E-state index in [1.807, 2.05) is 67.0 Å². The largest absolute Gasteiger partial charge is 0.399 e. The lowest BCUT2D eigenvalue weighted by molar-refractivity contribution is 1.23. The number of nitrogen functional groups attached to an aromatic ring is 1. The highest BCUT2D eigenvalue weighted by molar-refractivity contribution is 5.85. The lowest BCUT2D eigenvalue weighted by atomic mass is 10.1. The van der Waals surface area contributed by atoms with Crippen LogP contribution < -0.4 is 5.73 Å². The molecule has 2 aromatic carbocycles. The normalized spacial score (nSPS) is 10.9. The number of anilines is 1. The minimum atomic E-state index is 0.779. The number of nitrogens with zero attached hydrogens (tertiary/aromatic N) is 1. The number of hydrogen-bond donors (Lipinski definition) is 1. The minimum Gasteiger partial charge on any atom is -0.399 e. The van der Waals surface area contributed by atoms with E-state index in [2.05, 4.69) is 10.5 Å². The van der Waals surface area contributed by atoms with Crippen molar-refractivity contribution in [2.75, 3.05) is 5.73 Å². The standard InChI is InChI=1S/C18H14N2/c1-2-14-4-3-5-15(12-14)8-10-20-11-9-16-13-17(19)6-7-18(16)20/h1,3-13H,19H2/b10-8-. The van der Waals surface area contributed by atoms with Crippen LogP contribution in [0.4, 0.5) is 5.69 Å². The third-order valence-corrected chi connectivity index (χ3v) is 3.23. The molecular weight excluding hydrogens is 244 g/mol. The maximum absolute atomic E-state index is 5.78. The number of terminal acetylenes is 1. The van der Waals surface area contributed by atoms with Gasteiger partial charge in [0.15, 0.2) is 0 Å². The molecule has 0 amide bonds. The van der Waals surface area contributed by atoms with Gasteiger partial charge in [0.05, 0.1) is 5.52 Å². The van der Waals surface area contributed by atoms with Crippen LogP contribution in [0, 0.1) is 12.3 Å². The molecule has 0 bridgehead atoms. The highest BCUT2D eigenvalue weighted by Gasteiger charge is 1.98. The molecule has 0 atom stereocenters. The maximum Gasteiger partial charge on any atom is 0.0523 e. The van der Waals surface area contributed by atoms with Crippen LogP contribution in [0.2, 0.25) is 0 Å². The van der Waals surface area contributed by atoms with E-state index in [1.54, 1.807) is 0 Å². The Hall–Kier alpha value is -2.92. The molecule has 1 heterocycles. The van der Waals surface area contributed by atoms with Crippen molar-refractivity contribution in [2.45, 2.75) is 0 Å². The highest BCUT2D eigenvalue weighted by atomic mass is 14.9. The number of hydrogen-bond acceptors (Lipinski definition) is 1. The molecule has 96 valence electrons. The lowest BCUT2D eigenvalue weighted by Crippen LogP contribution is -1.86. The van der Waals surface area contributed by atoms with Gasteiger partial charge in [-0.25, -0.2) is 0 Å². The van der Waals surface area contributed by atoms with Gasteiger partial charge in [-0.15, -0.1) is 6.42 Å². The van der Waals surface area contributed by atoms with Crippen molar-refractivity contribution in [3.05, 3.63) is 65.9 Å². The Morgan fingerprint density at radius 1 is 1.10 bits per heavy atom. The van der Waals surface area contributed by atoms with Gasteiger partial charge in [0.2, 0.25) is 0 Å². The van der Waals surface area contributed by atoms with Crippen molar-refractivity contribution in [3.8, 4) is 12.3 Å². The first-order chi connectivity index (χ1) is 9.76. The molecule has 1 aromatic heterocycles. The molecule has 0 fully saturated rings. The van der Waals surface area contributed by atoms with Gasteiger partial charge in [-0.1, -0.05) is 18.1 Å². The van der Waals surface area contributed by atoms with Gasteiger partial charge in [-0.2, -0.15) is 0 Å². The van der Waals surface area contributed by atoms with Crippen LogP contribution in [0.5, 0.6) is 0 Å². The van der Waals surface area contributed by atoms with Crippen molar-refractivity contribution < 1.29 is 0 Å². The predicted molar refractivity (Wildman–Crippen MR) is 86.0 cm³/mol. The molecule has 3 rings (SSSR count). The molecular formula is C18H14N2. The highest BCUT2D eigenvalue weighted by Crippen LogP contribution is 2.19. The minimum absolute atomic E-state index is 0.779. The van der Waals surface area contributed by atoms with Gasteiger partial charge in [0, 0.05) is 29.0 Å². The third-order valence-electron chi connectivity index (χ3n) is 3.23. The van der Waals surface area contributed by atoms with Gasteiger partial charge < -0.3 is 10.3 Å². The quantitative estimate of drug-likeness (QED) is 0.549. The van der Waals surface area contributed by atoms with E-state index >= 15 is 0 Å². The zero-order chi connectivity index (χ0) is 13.9. The summed E-state index contributed by atoms with van der Waals surface area (Å²) < 4.78 is 2.07. The molecule has 0 spiro atoms. The van der Waals surface area contributed by atoms with Crippen LogP contribution in [0.25, 0.3) is 23.2 Å². The summed E-state index contributed by atoms with van der Waals surface area (Å²) in [5.41, 5.74) is 9.66. The van der Waals surface area contributed by atoms with Crippen LogP contribution in [0.3, 0.4) is 0 Å². The molecule has 20 heavy (non-hydrogen) atoms. The summed E-state index contributed by atoms with van der Waals surface area (Å²) in [6, 6.07) is 15.8. The third kappa shape index (κ3) is 2.30. The van der Waals surface area contributed by atoms with E-state index in [1.165, 1.54) is 0 Å². The first-order valence-corrected chi connectivity index (χ1v) is 6.37. The molecule has 0 unspecified atom stereocenters. The van der Waals surface area contributed by atoms with E-state index in [0.717, 1.165) is 27.7 Å². The Morgan fingerprint density at radius 2 is 2.00 bits per heavy atom. The number of aromatic nitrogens is 1. The van der Waals surface area contributed by atoms with E-state index < -0.39 is 0 Å². The van der Waals surface area contributed by atoms with Crippen molar-refractivity contribution in [1.82, 2.24) is 4.57 Å². The molecule has 0 aliphatic heterocycles. The number of rotatable bonds is 2. The fourth-order valence-electron chi connectivity index (χ4n) is 2.21. The van der Waals surface area contributed by atoms with Crippen LogP contribution in [-0.4, -0.2) is 4.57 Å². The molecule has 0 saturated carbocycles. The molecule has 0 aliphatic rings. The first-order valence-electron chi connectivity index (χ1n) is 6.37. The van der Waals surface area contributed by atoms with Crippen molar-refractivity contribution in [2.24, 2.45) is 0 Å². The Balaban J connectivity index is 1.96. The number of nitrogens with two attached hydrogens (primary N) is 1. The van der Waals surface area contributed by atoms with Crippen molar-refractivity contribution >= 4 is 28.9 Å². The summed E-state index contributed by atoms with van der Waals surface area (Å²) in [6.45, 7) is 0. The average Bonchev–Trinajstić information content (AvgIpc) is 2.87. The second kappa shape index (κ2) is 4.99. The number of fused-ring (bicyclic) bond motifs is 1. The second-order valence-corrected chi connectivity index (χ2v) is 4.63. The summed E-state index contributed by atoms with van der Waals surface area (Å²) in [7, 11) is 0. The summed E-state index contributed by atoms with van der Waals surface area (Å²) in [6.07, 6.45) is 11.5. The Morgan fingerprint density at radius 3 is 2.85 bits per heavy atom. The van der Waals surface area contributed by atoms with E-state index in [4.69, 9.17) is 12.2 Å². The predicted octanol–water partition coefficient (Wildman–Crippen LogP) is 3.83. The average molecular weight is 258 g/mol. The molecule has 2 heteroatoms. The van der Waals surface area contributed by atoms with Gasteiger partial charge >= 0.3 is 0 Å². The summed E-state index contributed by atoms with van der Waals surface area (Å²) in [5.74, 6) is 2.64. The van der Waals surface area contributed by atoms with Crippen molar-refractivity contribution in [3.63, 3.8) is 0 Å². The second-order valence-electron chi connectivity index (χ2n) is 4.63. The topological polar surface area (TPSA) is 30.9 Å². The Kier molecular flexibility index (Phi) is 3.02. The van der Waals surface area contributed by atoms with Crippen LogP contribution in [-0.2, 0) is 0 Å². The van der Waals surface area contributed by atoms with E-state index in [0.29, 0.717) is 0 Å². The molecule has 2 N–H and O–H groups in total. The summed E-state index contributed by atoms with van der Waals surface area (Å²) in [5, 5.41) is 1.13. The molecule has 0 aliphatic carbocycles. The van der Waals surface area contributed by atoms with Crippen molar-refractivity contribution in [1.29, 1.82) is 0 Å². The van der Waals surface area contributed by atoms with Gasteiger partial charge in [0.1, 0.15) is 0 Å². The fourth-order valence-corrected chi connectivity index (χ4v) is 2.21. The summed E-state index contributed by atoms with van der Waals surface area (Å²) >= 11 is 0. The number of benzene rings is 2. The monoisotopic (exact) mass is 258 g/mol. The summed E-state index contributed by atoms with van der Waals surface area (Å²) in [4.78, 5) is 0. The van der Waals surface area contributed by atoms with Gasteiger partial charge in [-0.3, -0.25) is 0 Å². The maximum atomic E-state index is 5.78. The first kappa shape index (κ1) is 12.1.